The van der Waals surface area contributed by atoms with Gasteiger partial charge in [-0.3, -0.25) is 4.79 Å². The lowest BCUT2D eigenvalue weighted by Gasteiger charge is -2.15. The van der Waals surface area contributed by atoms with Crippen molar-refractivity contribution < 1.29 is 9.21 Å². The van der Waals surface area contributed by atoms with Crippen LogP contribution in [0.1, 0.15) is 15.9 Å². The van der Waals surface area contributed by atoms with Crippen LogP contribution in [0, 0.1) is 0 Å². The molecule has 0 amide bonds. The number of para-hydroxylation sites is 1. The molecule has 1 aromatic heterocycles. The zero-order chi connectivity index (χ0) is 11.5. The largest absolute Gasteiger partial charge is 0.472 e. The van der Waals surface area contributed by atoms with Gasteiger partial charge in [0.15, 0.2) is 5.78 Å². The van der Waals surface area contributed by atoms with Crippen LogP contribution < -0.4 is 4.90 Å². The van der Waals surface area contributed by atoms with Gasteiger partial charge in [-0.25, -0.2) is 0 Å². The number of furan rings is 1. The molecule has 0 saturated heterocycles. The topological polar surface area (TPSA) is 33.5 Å². The fourth-order valence-corrected chi connectivity index (χ4v) is 1.60. The molecule has 0 bridgehead atoms. The lowest BCUT2D eigenvalue weighted by Crippen LogP contribution is -2.14. The Morgan fingerprint density at radius 3 is 2.56 bits per heavy atom. The lowest BCUT2D eigenvalue weighted by molar-refractivity contribution is 0.103. The van der Waals surface area contributed by atoms with E-state index in [1.165, 1.54) is 12.5 Å². The van der Waals surface area contributed by atoms with Gasteiger partial charge in [-0.2, -0.15) is 0 Å². The molecule has 2 aromatic rings. The maximum Gasteiger partial charge on any atom is 0.198 e. The van der Waals surface area contributed by atoms with Crippen LogP contribution in [0.4, 0.5) is 5.69 Å². The summed E-state index contributed by atoms with van der Waals surface area (Å²) in [5.41, 5.74) is 2.18. The highest BCUT2D eigenvalue weighted by atomic mass is 16.3. The van der Waals surface area contributed by atoms with E-state index in [9.17, 15) is 4.79 Å². The molecule has 1 aromatic carbocycles. The number of nitrogens with zero attached hydrogens (tertiary/aromatic N) is 1. The number of hydrogen-bond acceptors (Lipinski definition) is 3. The molecule has 16 heavy (non-hydrogen) atoms. The number of rotatable bonds is 3. The van der Waals surface area contributed by atoms with Crippen LogP contribution in [-0.2, 0) is 0 Å². The number of ketones is 1. The average Bonchev–Trinajstić information content (AvgIpc) is 2.81. The Morgan fingerprint density at radius 1 is 1.19 bits per heavy atom. The summed E-state index contributed by atoms with van der Waals surface area (Å²) in [5, 5.41) is 0. The molecule has 0 unspecified atom stereocenters. The Balaban J connectivity index is 2.44. The van der Waals surface area contributed by atoms with Crippen molar-refractivity contribution in [2.24, 2.45) is 0 Å². The molecule has 0 atom stereocenters. The molecule has 0 aliphatic carbocycles. The van der Waals surface area contributed by atoms with Gasteiger partial charge in [0.25, 0.3) is 0 Å². The quantitative estimate of drug-likeness (QED) is 0.738. The maximum atomic E-state index is 12.1. The summed E-state index contributed by atoms with van der Waals surface area (Å²) in [4.78, 5) is 14.1. The summed E-state index contributed by atoms with van der Waals surface area (Å²) in [6, 6.07) is 9.20. The summed E-state index contributed by atoms with van der Waals surface area (Å²) in [7, 11) is 3.84. The molecular weight excluding hydrogens is 202 g/mol. The SMILES string of the molecule is CN(C)c1ccccc1C(=O)c1ccoc1. The average molecular weight is 215 g/mol. The molecule has 0 fully saturated rings. The molecule has 0 aliphatic heterocycles. The van der Waals surface area contributed by atoms with E-state index in [1.54, 1.807) is 6.07 Å². The molecule has 2 rings (SSSR count). The monoisotopic (exact) mass is 215 g/mol. The summed E-state index contributed by atoms with van der Waals surface area (Å²) in [6.45, 7) is 0. The van der Waals surface area contributed by atoms with Gasteiger partial charge in [0.05, 0.1) is 11.8 Å². The summed E-state index contributed by atoms with van der Waals surface area (Å²) in [6.07, 6.45) is 2.97. The zero-order valence-corrected chi connectivity index (χ0v) is 9.31. The molecule has 3 heteroatoms. The standard InChI is InChI=1S/C13H13NO2/c1-14(2)12-6-4-3-5-11(12)13(15)10-7-8-16-9-10/h3-9H,1-2H3. The predicted molar refractivity (Wildman–Crippen MR) is 62.9 cm³/mol. The first-order valence-corrected chi connectivity index (χ1v) is 5.03. The molecule has 0 saturated carbocycles. The van der Waals surface area contributed by atoms with Gasteiger partial charge in [-0.05, 0) is 18.2 Å². The number of carbonyl (C=O) groups is 1. The maximum absolute atomic E-state index is 12.1. The normalized spacial score (nSPS) is 10.1. The molecule has 1 heterocycles. The van der Waals surface area contributed by atoms with Crippen LogP contribution in [0.25, 0.3) is 0 Å². The van der Waals surface area contributed by atoms with Crippen molar-refractivity contribution in [3.8, 4) is 0 Å². The molecule has 3 nitrogen and oxygen atoms in total. The van der Waals surface area contributed by atoms with Crippen LogP contribution in [0.3, 0.4) is 0 Å². The third-order valence-electron chi connectivity index (χ3n) is 2.41. The lowest BCUT2D eigenvalue weighted by atomic mass is 10.0. The second kappa shape index (κ2) is 4.23. The Morgan fingerprint density at radius 2 is 1.94 bits per heavy atom. The van der Waals surface area contributed by atoms with Crippen molar-refractivity contribution in [1.29, 1.82) is 0 Å². The highest BCUT2D eigenvalue weighted by Crippen LogP contribution is 2.21. The first-order valence-electron chi connectivity index (χ1n) is 5.03. The third kappa shape index (κ3) is 1.84. The minimum atomic E-state index is -0.0157. The second-order valence-electron chi connectivity index (χ2n) is 3.75. The van der Waals surface area contributed by atoms with Crippen molar-refractivity contribution in [2.45, 2.75) is 0 Å². The Hall–Kier alpha value is -2.03. The van der Waals surface area contributed by atoms with Crippen LogP contribution in [0.15, 0.2) is 47.3 Å². The van der Waals surface area contributed by atoms with Crippen molar-refractivity contribution in [3.63, 3.8) is 0 Å². The van der Waals surface area contributed by atoms with Crippen LogP contribution in [0.2, 0.25) is 0 Å². The molecule has 0 radical (unpaired) electrons. The molecule has 0 N–H and O–H groups in total. The van der Waals surface area contributed by atoms with E-state index in [-0.39, 0.29) is 5.78 Å². The van der Waals surface area contributed by atoms with Gasteiger partial charge >= 0.3 is 0 Å². The Bertz CT molecular complexity index is 486. The van der Waals surface area contributed by atoms with Gasteiger partial charge in [0.2, 0.25) is 0 Å². The fourth-order valence-electron chi connectivity index (χ4n) is 1.60. The van der Waals surface area contributed by atoms with E-state index >= 15 is 0 Å². The minimum Gasteiger partial charge on any atom is -0.472 e. The van der Waals surface area contributed by atoms with E-state index in [4.69, 9.17) is 4.42 Å². The van der Waals surface area contributed by atoms with Crippen molar-refractivity contribution >= 4 is 11.5 Å². The third-order valence-corrected chi connectivity index (χ3v) is 2.41. The van der Waals surface area contributed by atoms with Gasteiger partial charge in [-0.15, -0.1) is 0 Å². The minimum absolute atomic E-state index is 0.0157. The zero-order valence-electron chi connectivity index (χ0n) is 9.31. The predicted octanol–water partition coefficient (Wildman–Crippen LogP) is 2.58. The fraction of sp³-hybridized carbons (Fsp3) is 0.154. The molecule has 0 spiro atoms. The van der Waals surface area contributed by atoms with Crippen molar-refractivity contribution in [3.05, 3.63) is 54.0 Å². The van der Waals surface area contributed by atoms with Crippen molar-refractivity contribution in [1.82, 2.24) is 0 Å². The highest BCUT2D eigenvalue weighted by molar-refractivity contribution is 6.12. The van der Waals surface area contributed by atoms with E-state index in [2.05, 4.69) is 0 Å². The van der Waals surface area contributed by atoms with Gasteiger partial charge in [-0.1, -0.05) is 12.1 Å². The Kier molecular flexibility index (Phi) is 2.77. The van der Waals surface area contributed by atoms with Crippen LogP contribution >= 0.6 is 0 Å². The first-order chi connectivity index (χ1) is 7.70. The van der Waals surface area contributed by atoms with E-state index < -0.39 is 0 Å². The summed E-state index contributed by atoms with van der Waals surface area (Å²) in [5.74, 6) is -0.0157. The molecular formula is C13H13NO2. The summed E-state index contributed by atoms with van der Waals surface area (Å²) < 4.78 is 4.92. The van der Waals surface area contributed by atoms with Gasteiger partial charge in [0.1, 0.15) is 6.26 Å². The second-order valence-corrected chi connectivity index (χ2v) is 3.75. The van der Waals surface area contributed by atoms with Gasteiger partial charge in [0, 0.05) is 25.3 Å². The first kappa shape index (κ1) is 10.5. The van der Waals surface area contributed by atoms with Crippen molar-refractivity contribution in [2.75, 3.05) is 19.0 Å². The summed E-state index contributed by atoms with van der Waals surface area (Å²) >= 11 is 0. The number of benzene rings is 1. The van der Waals surface area contributed by atoms with Crippen LogP contribution in [0.5, 0.6) is 0 Å². The highest BCUT2D eigenvalue weighted by Gasteiger charge is 2.14. The van der Waals surface area contributed by atoms with E-state index in [0.29, 0.717) is 11.1 Å². The number of hydrogen-bond donors (Lipinski definition) is 0. The van der Waals surface area contributed by atoms with Gasteiger partial charge < -0.3 is 9.32 Å². The number of carbonyl (C=O) groups excluding carboxylic acids is 1. The molecule has 82 valence electrons. The van der Waals surface area contributed by atoms with Crippen LogP contribution in [-0.4, -0.2) is 19.9 Å². The smallest absolute Gasteiger partial charge is 0.198 e. The molecule has 0 aliphatic rings. The van der Waals surface area contributed by atoms with E-state index in [0.717, 1.165) is 5.69 Å². The Labute approximate surface area is 94.3 Å². The number of anilines is 1. The van der Waals surface area contributed by atoms with E-state index in [1.807, 2.05) is 43.3 Å².